The molecule has 19 heavy (non-hydrogen) atoms. The average Bonchev–Trinajstić information content (AvgIpc) is 2.35. The van der Waals surface area contributed by atoms with Gasteiger partial charge in [-0.25, -0.2) is 4.98 Å². The van der Waals surface area contributed by atoms with Gasteiger partial charge in [0, 0.05) is 7.05 Å². The fourth-order valence-corrected chi connectivity index (χ4v) is 2.79. The summed E-state index contributed by atoms with van der Waals surface area (Å²) in [5, 5.41) is 0.955. The molecule has 0 fully saturated rings. The smallest absolute Gasteiger partial charge is 1.00 e. The normalized spacial score (nSPS) is 11.1. The van der Waals surface area contributed by atoms with Crippen LogP contribution in [0.4, 0.5) is 5.69 Å². The van der Waals surface area contributed by atoms with E-state index >= 15 is 0 Å². The second-order valence-corrected chi connectivity index (χ2v) is 4.86. The zero-order valence-electron chi connectivity index (χ0n) is 10.4. The van der Waals surface area contributed by atoms with Crippen molar-refractivity contribution in [2.24, 2.45) is 4.99 Å². The molecule has 0 spiro atoms. The van der Waals surface area contributed by atoms with Crippen molar-refractivity contribution >= 4 is 27.2 Å². The molecule has 0 atom stereocenters. The van der Waals surface area contributed by atoms with E-state index in [4.69, 9.17) is 5.73 Å². The maximum Gasteiger partial charge on any atom is 2.00 e. The van der Waals surface area contributed by atoms with Crippen LogP contribution in [0.1, 0.15) is 0 Å². The maximum atomic E-state index is 7.62. The molecule has 0 saturated carbocycles. The topological polar surface area (TPSA) is 49.0 Å². The molecular weight excluding hydrogens is 331 g/mol. The summed E-state index contributed by atoms with van der Waals surface area (Å²) in [5.74, 6) is 0. The first-order valence-electron chi connectivity index (χ1n) is 5.25. The number of aromatic nitrogens is 1. The van der Waals surface area contributed by atoms with Crippen molar-refractivity contribution in [3.63, 3.8) is 0 Å². The van der Waals surface area contributed by atoms with Crippen LogP contribution in [0.2, 0.25) is 0 Å². The molecule has 1 aliphatic carbocycles. The van der Waals surface area contributed by atoms with Gasteiger partial charge in [-0.05, 0) is 24.3 Å². The van der Waals surface area contributed by atoms with E-state index in [0.29, 0.717) is 5.69 Å². The predicted molar refractivity (Wildman–Crippen MR) is 71.7 cm³/mol. The van der Waals surface area contributed by atoms with Crippen molar-refractivity contribution < 1.29 is 31.9 Å². The molecule has 92 valence electrons. The third-order valence-electron chi connectivity index (χ3n) is 2.62. The van der Waals surface area contributed by atoms with Crippen molar-refractivity contribution in [1.29, 1.82) is 0 Å². The Bertz CT molecular complexity index is 742. The van der Waals surface area contributed by atoms with Crippen LogP contribution in [0.5, 0.6) is 0 Å². The van der Waals surface area contributed by atoms with Crippen LogP contribution in [0.15, 0.2) is 41.4 Å². The predicted octanol–water partition coefficient (Wildman–Crippen LogP) is 0.617. The summed E-state index contributed by atoms with van der Waals surface area (Å²) in [5.41, 5.74) is 10.1. The van der Waals surface area contributed by atoms with Gasteiger partial charge in [0.15, 0.2) is 0 Å². The van der Waals surface area contributed by atoms with Gasteiger partial charge < -0.3 is 18.1 Å². The Hall–Kier alpha value is -1.03. The summed E-state index contributed by atoms with van der Waals surface area (Å²) in [6.45, 7) is 0. The van der Waals surface area contributed by atoms with Crippen LogP contribution in [0.25, 0.3) is 26.5 Å². The number of rotatable bonds is 0. The fraction of sp³-hybridized carbons (Fsp3) is 0.0769. The first kappa shape index (κ1) is 16.0. The van der Waals surface area contributed by atoms with Gasteiger partial charge in [-0.15, -0.1) is 17.0 Å². The minimum atomic E-state index is 0. The van der Waals surface area contributed by atoms with E-state index in [0.717, 1.165) is 26.1 Å². The molecule has 6 heteroatoms. The number of nitrogens with zero attached hydrogens (tertiary/aromatic N) is 2. The van der Waals surface area contributed by atoms with Gasteiger partial charge in [0.05, 0.1) is 26.1 Å². The Kier molecular flexibility index (Phi) is 5.42. The van der Waals surface area contributed by atoms with Gasteiger partial charge in [-0.3, -0.25) is 4.99 Å². The fourth-order valence-electron chi connectivity index (χ4n) is 1.75. The molecule has 1 aromatic carbocycles. The van der Waals surface area contributed by atoms with Crippen molar-refractivity contribution in [3.05, 3.63) is 47.5 Å². The molecule has 0 radical (unpaired) electrons. The average molecular weight is 341 g/mol. The van der Waals surface area contributed by atoms with E-state index in [1.165, 1.54) is 0 Å². The number of fused-ring (bicyclic) bond motifs is 2. The summed E-state index contributed by atoms with van der Waals surface area (Å²) in [6.07, 6.45) is 0. The van der Waals surface area contributed by atoms with Gasteiger partial charge in [0.1, 0.15) is 0 Å². The third kappa shape index (κ3) is 3.11. The minimum absolute atomic E-state index is 0. The van der Waals surface area contributed by atoms with Gasteiger partial charge >= 0.3 is 19.5 Å². The molecule has 0 unspecified atom stereocenters. The molecule has 1 heterocycles. The molecule has 0 amide bonds. The van der Waals surface area contributed by atoms with Crippen LogP contribution in [-0.4, -0.2) is 12.0 Å². The maximum absolute atomic E-state index is 7.62. The Balaban J connectivity index is 0.000000902. The summed E-state index contributed by atoms with van der Waals surface area (Å²) >= 11 is 1.65. The Morgan fingerprint density at radius 3 is 2.68 bits per heavy atom. The van der Waals surface area contributed by atoms with Crippen molar-refractivity contribution in [2.45, 2.75) is 0 Å². The van der Waals surface area contributed by atoms with Crippen LogP contribution in [0.3, 0.4) is 0 Å². The number of hydrogen-bond donors (Lipinski definition) is 0. The van der Waals surface area contributed by atoms with Crippen molar-refractivity contribution in [1.82, 2.24) is 4.98 Å². The summed E-state index contributed by atoms with van der Waals surface area (Å²) < 4.78 is 1.04. The van der Waals surface area contributed by atoms with Gasteiger partial charge in [-0.2, -0.15) is 0 Å². The largest absolute Gasteiger partial charge is 2.00 e. The van der Waals surface area contributed by atoms with Crippen LogP contribution < -0.4 is 17.8 Å². The molecule has 1 aromatic rings. The van der Waals surface area contributed by atoms with E-state index in [1.54, 1.807) is 24.5 Å². The second-order valence-electron chi connectivity index (χ2n) is 3.77. The summed E-state index contributed by atoms with van der Waals surface area (Å²) in [6, 6.07) is 11.5. The Morgan fingerprint density at radius 1 is 1.16 bits per heavy atom. The second kappa shape index (κ2) is 6.42. The number of nitrogens with one attached hydrogen (secondary N) is 1. The molecular formula is C13H10ClN3SZn. The first-order valence-corrected chi connectivity index (χ1v) is 6.07. The van der Waals surface area contributed by atoms with E-state index in [1.807, 2.05) is 30.3 Å². The number of benzene rings is 2. The number of hydrogen-bond acceptors (Lipinski definition) is 3. The molecule has 2 aliphatic rings. The van der Waals surface area contributed by atoms with Gasteiger partial charge in [0.25, 0.3) is 0 Å². The van der Waals surface area contributed by atoms with E-state index in [2.05, 4.69) is 9.98 Å². The molecule has 0 bridgehead atoms. The van der Waals surface area contributed by atoms with Gasteiger partial charge in [0.2, 0.25) is 0 Å². The molecule has 1 N–H and O–H groups in total. The zero-order valence-corrected chi connectivity index (χ0v) is 14.9. The quantitative estimate of drug-likeness (QED) is 0.437. The van der Waals surface area contributed by atoms with E-state index < -0.39 is 0 Å². The molecule has 3 nitrogen and oxygen atoms in total. The summed E-state index contributed by atoms with van der Waals surface area (Å²) in [4.78, 5) is 9.84. The molecule has 0 saturated heterocycles. The van der Waals surface area contributed by atoms with Crippen LogP contribution in [-0.2, 0) is 19.5 Å². The first-order chi connectivity index (χ1) is 8.26. The standard InChI is InChI=1S/C13H10N3S.ClH.Zn/c1-15-9-3-5-11-13(7-9)17-12-6-8(14)2-4-10(12)16-11;;/h2-7,14H,1H3;1H;/q-1;;+2/p-1. The van der Waals surface area contributed by atoms with Crippen molar-refractivity contribution in [3.8, 4) is 10.6 Å². The van der Waals surface area contributed by atoms with Crippen molar-refractivity contribution in [2.75, 3.05) is 7.05 Å². The van der Waals surface area contributed by atoms with Crippen LogP contribution in [0, 0.1) is 0 Å². The Labute approximate surface area is 134 Å². The molecule has 1 aliphatic heterocycles. The zero-order chi connectivity index (χ0) is 11.8. The van der Waals surface area contributed by atoms with E-state index in [9.17, 15) is 0 Å². The summed E-state index contributed by atoms with van der Waals surface area (Å²) in [7, 11) is 1.78. The van der Waals surface area contributed by atoms with Crippen LogP contribution >= 0.6 is 11.3 Å². The Morgan fingerprint density at radius 2 is 1.95 bits per heavy atom. The third-order valence-corrected chi connectivity index (χ3v) is 3.72. The monoisotopic (exact) mass is 339 g/mol. The minimum Gasteiger partial charge on any atom is -1.00 e. The number of halogens is 1. The molecule has 0 aromatic heterocycles. The SMILES string of the molecule is CN=c1ccc2nc3ccc([NH-])cc3sc-2c1.[Cl-].[Zn+2]. The van der Waals surface area contributed by atoms with E-state index in [-0.39, 0.29) is 31.9 Å². The molecule has 3 rings (SSSR count). The van der Waals surface area contributed by atoms with Gasteiger partial charge in [-0.1, -0.05) is 12.1 Å².